The zero-order valence-electron chi connectivity index (χ0n) is 12.2. The molecule has 0 radical (unpaired) electrons. The molecular formula is C15H20N4O2. The van der Waals surface area contributed by atoms with Crippen LogP contribution in [0.1, 0.15) is 25.7 Å². The Bertz CT molecular complexity index is 691. The van der Waals surface area contributed by atoms with E-state index in [1.54, 1.807) is 12.1 Å². The van der Waals surface area contributed by atoms with Crippen LogP contribution >= 0.6 is 0 Å². The van der Waals surface area contributed by atoms with Crippen molar-refractivity contribution in [3.05, 3.63) is 34.6 Å². The molecule has 0 amide bonds. The molecular weight excluding hydrogens is 268 g/mol. The average Bonchev–Trinajstić information content (AvgIpc) is 2.88. The molecule has 1 aromatic heterocycles. The van der Waals surface area contributed by atoms with Crippen LogP contribution in [-0.2, 0) is 6.67 Å². The number of fused-ring (bicyclic) bond motifs is 1. The minimum Gasteiger partial charge on any atom is -0.389 e. The summed E-state index contributed by atoms with van der Waals surface area (Å²) >= 11 is 0. The quantitative estimate of drug-likeness (QED) is 0.908. The summed E-state index contributed by atoms with van der Waals surface area (Å²) in [5.74, 6) is 0. The number of hydrogen-bond donors (Lipinski definition) is 1. The van der Waals surface area contributed by atoms with Crippen LogP contribution in [0.5, 0.6) is 0 Å². The lowest BCUT2D eigenvalue weighted by Gasteiger charge is -2.28. The van der Waals surface area contributed by atoms with Crippen molar-refractivity contribution in [3.63, 3.8) is 0 Å². The minimum atomic E-state index is -0.622. The van der Waals surface area contributed by atoms with Gasteiger partial charge in [0.15, 0.2) is 0 Å². The first-order valence-electron chi connectivity index (χ1n) is 7.31. The largest absolute Gasteiger partial charge is 0.389 e. The van der Waals surface area contributed by atoms with E-state index in [9.17, 15) is 9.90 Å². The van der Waals surface area contributed by atoms with Crippen LogP contribution in [0, 0.1) is 0 Å². The van der Waals surface area contributed by atoms with Gasteiger partial charge in [0.2, 0.25) is 0 Å². The number of likely N-dealkylation sites (N-methyl/N-ethyl adjacent to an activating group) is 1. The van der Waals surface area contributed by atoms with Crippen LogP contribution in [0.2, 0.25) is 0 Å². The zero-order chi connectivity index (χ0) is 14.9. The zero-order valence-corrected chi connectivity index (χ0v) is 12.2. The van der Waals surface area contributed by atoms with E-state index in [4.69, 9.17) is 0 Å². The van der Waals surface area contributed by atoms with E-state index >= 15 is 0 Å². The normalized spacial score (nSPS) is 17.7. The summed E-state index contributed by atoms with van der Waals surface area (Å²) < 4.78 is 1.35. The second kappa shape index (κ2) is 5.54. The molecule has 1 aliphatic rings. The predicted octanol–water partition coefficient (Wildman–Crippen LogP) is 0.986. The summed E-state index contributed by atoms with van der Waals surface area (Å²) in [6.07, 6.45) is 3.80. The summed E-state index contributed by atoms with van der Waals surface area (Å²) in [5.41, 5.74) is -0.162. The molecule has 0 aliphatic heterocycles. The van der Waals surface area contributed by atoms with Crippen LogP contribution in [0.4, 0.5) is 0 Å². The van der Waals surface area contributed by atoms with Gasteiger partial charge in [-0.3, -0.25) is 9.69 Å². The van der Waals surface area contributed by atoms with Crippen molar-refractivity contribution in [2.24, 2.45) is 0 Å². The third-order valence-corrected chi connectivity index (χ3v) is 4.10. The van der Waals surface area contributed by atoms with Crippen LogP contribution < -0.4 is 5.56 Å². The number of rotatable bonds is 4. The van der Waals surface area contributed by atoms with E-state index in [1.807, 2.05) is 24.1 Å². The average molecular weight is 288 g/mol. The molecule has 112 valence electrons. The van der Waals surface area contributed by atoms with Gasteiger partial charge < -0.3 is 5.11 Å². The van der Waals surface area contributed by atoms with E-state index in [1.165, 1.54) is 4.68 Å². The minimum absolute atomic E-state index is 0.147. The maximum Gasteiger partial charge on any atom is 0.278 e. The molecule has 1 saturated carbocycles. The summed E-state index contributed by atoms with van der Waals surface area (Å²) in [4.78, 5) is 14.3. The highest BCUT2D eigenvalue weighted by atomic mass is 16.3. The number of aromatic nitrogens is 3. The van der Waals surface area contributed by atoms with Crippen molar-refractivity contribution in [2.75, 3.05) is 13.6 Å². The van der Waals surface area contributed by atoms with Crippen molar-refractivity contribution in [1.82, 2.24) is 19.9 Å². The van der Waals surface area contributed by atoms with Crippen molar-refractivity contribution in [1.29, 1.82) is 0 Å². The molecule has 3 rings (SSSR count). The number of hydrogen-bond acceptors (Lipinski definition) is 5. The summed E-state index contributed by atoms with van der Waals surface area (Å²) in [6, 6.07) is 7.19. The molecule has 6 nitrogen and oxygen atoms in total. The molecule has 0 spiro atoms. The molecule has 0 atom stereocenters. The fraction of sp³-hybridized carbons (Fsp3) is 0.533. The topological polar surface area (TPSA) is 71.2 Å². The summed E-state index contributed by atoms with van der Waals surface area (Å²) in [5, 5.41) is 19.0. The molecule has 1 N–H and O–H groups in total. The fourth-order valence-corrected chi connectivity index (χ4v) is 3.09. The lowest BCUT2D eigenvalue weighted by atomic mass is 10.0. The Labute approximate surface area is 123 Å². The third kappa shape index (κ3) is 2.96. The second-order valence-electron chi connectivity index (χ2n) is 6.00. The van der Waals surface area contributed by atoms with Crippen LogP contribution in [-0.4, -0.2) is 44.2 Å². The maximum absolute atomic E-state index is 12.4. The maximum atomic E-state index is 12.4. The first kappa shape index (κ1) is 14.2. The first-order chi connectivity index (χ1) is 10.1. The molecule has 6 heteroatoms. The Hall–Kier alpha value is -1.79. The molecule has 2 aromatic rings. The van der Waals surface area contributed by atoms with Gasteiger partial charge in [0.1, 0.15) is 5.52 Å². The van der Waals surface area contributed by atoms with E-state index in [-0.39, 0.29) is 5.56 Å². The van der Waals surface area contributed by atoms with Gasteiger partial charge in [-0.05, 0) is 32.0 Å². The molecule has 21 heavy (non-hydrogen) atoms. The van der Waals surface area contributed by atoms with Gasteiger partial charge >= 0.3 is 0 Å². The van der Waals surface area contributed by atoms with E-state index in [0.29, 0.717) is 24.1 Å². The molecule has 1 aromatic carbocycles. The van der Waals surface area contributed by atoms with E-state index in [2.05, 4.69) is 10.3 Å². The van der Waals surface area contributed by atoms with Crippen molar-refractivity contribution >= 4 is 10.9 Å². The Morgan fingerprint density at radius 3 is 2.81 bits per heavy atom. The highest BCUT2D eigenvalue weighted by Crippen LogP contribution is 2.29. The van der Waals surface area contributed by atoms with Crippen LogP contribution in [0.3, 0.4) is 0 Å². The van der Waals surface area contributed by atoms with Crippen LogP contribution in [0.15, 0.2) is 29.1 Å². The lowest BCUT2D eigenvalue weighted by molar-refractivity contribution is 0.00718. The highest BCUT2D eigenvalue weighted by Gasteiger charge is 2.32. The first-order valence-corrected chi connectivity index (χ1v) is 7.31. The Balaban J connectivity index is 1.78. The van der Waals surface area contributed by atoms with Gasteiger partial charge in [0, 0.05) is 6.54 Å². The van der Waals surface area contributed by atoms with Crippen molar-refractivity contribution < 1.29 is 5.11 Å². The van der Waals surface area contributed by atoms with Gasteiger partial charge in [0.05, 0.1) is 17.7 Å². The van der Waals surface area contributed by atoms with Crippen molar-refractivity contribution in [3.8, 4) is 0 Å². The molecule has 1 heterocycles. The summed E-state index contributed by atoms with van der Waals surface area (Å²) in [7, 11) is 1.89. The van der Waals surface area contributed by atoms with Gasteiger partial charge in [-0.1, -0.05) is 30.2 Å². The Morgan fingerprint density at radius 2 is 2.05 bits per heavy atom. The molecule has 1 aliphatic carbocycles. The van der Waals surface area contributed by atoms with Gasteiger partial charge in [0.25, 0.3) is 5.56 Å². The van der Waals surface area contributed by atoms with Gasteiger partial charge in [-0.2, -0.15) is 4.68 Å². The number of benzene rings is 1. The van der Waals surface area contributed by atoms with Crippen LogP contribution in [0.25, 0.3) is 10.9 Å². The molecule has 0 unspecified atom stereocenters. The molecule has 1 fully saturated rings. The third-order valence-electron chi connectivity index (χ3n) is 4.10. The van der Waals surface area contributed by atoms with E-state index < -0.39 is 5.60 Å². The van der Waals surface area contributed by atoms with Crippen molar-refractivity contribution in [2.45, 2.75) is 38.0 Å². The SMILES string of the molecule is CN(Cn1nnc2ccccc2c1=O)CC1(O)CCCC1. The Kier molecular flexibility index (Phi) is 3.73. The van der Waals surface area contributed by atoms with Gasteiger partial charge in [-0.15, -0.1) is 5.10 Å². The Morgan fingerprint density at radius 1 is 1.33 bits per heavy atom. The predicted molar refractivity (Wildman–Crippen MR) is 79.8 cm³/mol. The second-order valence-corrected chi connectivity index (χ2v) is 6.00. The highest BCUT2D eigenvalue weighted by molar-refractivity contribution is 5.76. The van der Waals surface area contributed by atoms with E-state index in [0.717, 1.165) is 25.7 Å². The molecule has 0 bridgehead atoms. The number of aliphatic hydroxyl groups is 1. The lowest BCUT2D eigenvalue weighted by Crippen LogP contribution is -2.42. The molecule has 0 saturated heterocycles. The number of nitrogens with zero attached hydrogens (tertiary/aromatic N) is 4. The monoisotopic (exact) mass is 288 g/mol. The standard InChI is InChI=1S/C15H20N4O2/c1-18(10-15(21)8-4-5-9-15)11-19-14(20)12-6-2-3-7-13(12)16-17-19/h2-3,6-7,21H,4-5,8-11H2,1H3. The van der Waals surface area contributed by atoms with Gasteiger partial charge in [-0.25, -0.2) is 0 Å². The fourth-order valence-electron chi connectivity index (χ4n) is 3.09. The summed E-state index contributed by atoms with van der Waals surface area (Å²) in [6.45, 7) is 0.882. The smallest absolute Gasteiger partial charge is 0.278 e.